The van der Waals surface area contributed by atoms with Crippen molar-refractivity contribution >= 4 is 22.9 Å². The van der Waals surface area contributed by atoms with Crippen LogP contribution in [-0.4, -0.2) is 41.3 Å². The van der Waals surface area contributed by atoms with Gasteiger partial charge in [0, 0.05) is 23.5 Å². The van der Waals surface area contributed by atoms with Gasteiger partial charge in [-0.05, 0) is 92.4 Å². The first kappa shape index (κ1) is 24.6. The van der Waals surface area contributed by atoms with Gasteiger partial charge in [-0.25, -0.2) is 4.79 Å². The third kappa shape index (κ3) is 4.66. The number of aromatic amines is 1. The van der Waals surface area contributed by atoms with Crippen LogP contribution in [0.1, 0.15) is 50.2 Å². The molecule has 3 aromatic rings. The number of hydrogen-bond donors (Lipinski definition) is 3. The largest absolute Gasteiger partial charge is 0.491 e. The molecule has 2 aromatic carbocycles. The van der Waals surface area contributed by atoms with Crippen molar-refractivity contribution in [1.29, 1.82) is 0 Å². The summed E-state index contributed by atoms with van der Waals surface area (Å²) in [6, 6.07) is 15.8. The number of H-pyrrole nitrogens is 1. The first-order chi connectivity index (χ1) is 18.9. The smallest absolute Gasteiger partial charge is 0.408 e. The fourth-order valence-electron chi connectivity index (χ4n) is 8.05. The van der Waals surface area contributed by atoms with Crippen LogP contribution in [0.15, 0.2) is 54.7 Å². The SMILES string of the molecule is CC(Cc1c[nH]c2ccccc12)(NC(=O)OC1C2CC3CC(C2)CC1C3)C(=O)NC1COc2ccccc2C1. The molecule has 4 bridgehead atoms. The van der Waals surface area contributed by atoms with Gasteiger partial charge in [0.2, 0.25) is 5.91 Å². The second kappa shape index (κ2) is 9.61. The van der Waals surface area contributed by atoms with Crippen LogP contribution in [0.3, 0.4) is 0 Å². The van der Waals surface area contributed by atoms with Crippen LogP contribution in [0.2, 0.25) is 0 Å². The lowest BCUT2D eigenvalue weighted by atomic mass is 9.55. The van der Waals surface area contributed by atoms with Gasteiger partial charge in [-0.2, -0.15) is 0 Å². The van der Waals surface area contributed by atoms with Gasteiger partial charge in [-0.15, -0.1) is 0 Å². The number of fused-ring (bicyclic) bond motifs is 2. The quantitative estimate of drug-likeness (QED) is 0.414. The predicted molar refractivity (Wildman–Crippen MR) is 148 cm³/mol. The summed E-state index contributed by atoms with van der Waals surface area (Å²) in [6.45, 7) is 2.20. The van der Waals surface area contributed by atoms with Crippen molar-refractivity contribution in [3.8, 4) is 5.75 Å². The average Bonchev–Trinajstić information content (AvgIpc) is 3.32. The van der Waals surface area contributed by atoms with Crippen molar-refractivity contribution in [2.75, 3.05) is 6.61 Å². The Balaban J connectivity index is 1.10. The molecule has 2 atom stereocenters. The summed E-state index contributed by atoms with van der Waals surface area (Å²) in [5, 5.41) is 7.26. The summed E-state index contributed by atoms with van der Waals surface area (Å²) in [5.74, 6) is 3.15. The molecule has 7 nitrogen and oxygen atoms in total. The highest BCUT2D eigenvalue weighted by atomic mass is 16.6. The molecule has 0 radical (unpaired) electrons. The van der Waals surface area contributed by atoms with Crippen LogP contribution >= 0.6 is 0 Å². The maximum atomic E-state index is 13.9. The highest BCUT2D eigenvalue weighted by Gasteiger charge is 2.50. The topological polar surface area (TPSA) is 92.5 Å². The van der Waals surface area contributed by atoms with E-state index in [-0.39, 0.29) is 18.1 Å². The minimum absolute atomic E-state index is 0.0403. The molecule has 4 fully saturated rings. The first-order valence-electron chi connectivity index (χ1n) is 14.5. The zero-order valence-corrected chi connectivity index (χ0v) is 22.5. The van der Waals surface area contributed by atoms with Crippen LogP contribution in [-0.2, 0) is 22.4 Å². The number of amides is 2. The number of benzene rings is 2. The second-order valence-electron chi connectivity index (χ2n) is 12.6. The Morgan fingerprint density at radius 3 is 2.51 bits per heavy atom. The minimum atomic E-state index is -1.20. The molecule has 1 aromatic heterocycles. The predicted octanol–water partition coefficient (Wildman–Crippen LogP) is 5.14. The Morgan fingerprint density at radius 1 is 1.00 bits per heavy atom. The van der Waals surface area contributed by atoms with Gasteiger partial charge in [0.15, 0.2) is 0 Å². The van der Waals surface area contributed by atoms with Crippen molar-refractivity contribution < 1.29 is 19.1 Å². The summed E-state index contributed by atoms with van der Waals surface area (Å²) in [4.78, 5) is 30.7. The Labute approximate surface area is 229 Å². The van der Waals surface area contributed by atoms with Gasteiger partial charge in [0.1, 0.15) is 24.0 Å². The van der Waals surface area contributed by atoms with Gasteiger partial charge in [0.05, 0.1) is 6.04 Å². The fraction of sp³-hybridized carbons (Fsp3) is 0.500. The molecule has 4 aliphatic carbocycles. The first-order valence-corrected chi connectivity index (χ1v) is 14.5. The molecule has 2 heterocycles. The molecule has 8 rings (SSSR count). The van der Waals surface area contributed by atoms with E-state index in [1.165, 1.54) is 32.1 Å². The molecule has 2 amide bonds. The molecule has 39 heavy (non-hydrogen) atoms. The van der Waals surface area contributed by atoms with Gasteiger partial charge in [-0.3, -0.25) is 4.79 Å². The fourth-order valence-corrected chi connectivity index (χ4v) is 8.05. The zero-order chi connectivity index (χ0) is 26.6. The third-order valence-corrected chi connectivity index (χ3v) is 9.70. The lowest BCUT2D eigenvalue weighted by molar-refractivity contribution is -0.128. The Morgan fingerprint density at radius 2 is 1.72 bits per heavy atom. The summed E-state index contributed by atoms with van der Waals surface area (Å²) < 4.78 is 12.1. The van der Waals surface area contributed by atoms with Gasteiger partial charge >= 0.3 is 6.09 Å². The molecular weight excluding hydrogens is 490 g/mol. The highest BCUT2D eigenvalue weighted by Crippen LogP contribution is 2.54. The van der Waals surface area contributed by atoms with E-state index in [4.69, 9.17) is 9.47 Å². The standard InChI is InChI=1S/C32H37N3O4/c1-32(16-24-17-33-27-8-4-3-7-26(24)27,30(36)34-25-15-21-6-2-5-9-28(21)38-18-25)35-31(37)39-29-22-11-19-10-20(13-22)14-23(29)12-19/h2-9,17,19-20,22-23,25,29,33H,10-16,18H2,1H3,(H,34,36)(H,35,37). The van der Waals surface area contributed by atoms with E-state index in [0.717, 1.165) is 39.6 Å². The number of carbonyl (C=O) groups excluding carboxylic acids is 2. The van der Waals surface area contributed by atoms with Crippen molar-refractivity contribution in [3.05, 3.63) is 65.9 Å². The molecule has 1 aliphatic heterocycles. The van der Waals surface area contributed by atoms with Crippen molar-refractivity contribution in [1.82, 2.24) is 15.6 Å². The maximum absolute atomic E-state index is 13.9. The van der Waals surface area contributed by atoms with Gasteiger partial charge in [-0.1, -0.05) is 36.4 Å². The van der Waals surface area contributed by atoms with E-state index < -0.39 is 11.6 Å². The number of carbonyl (C=O) groups is 2. The Bertz CT molecular complexity index is 1370. The lowest BCUT2D eigenvalue weighted by Crippen LogP contribution is -2.61. The molecule has 4 saturated carbocycles. The maximum Gasteiger partial charge on any atom is 0.408 e. The summed E-state index contributed by atoms with van der Waals surface area (Å²) >= 11 is 0. The normalized spacial score (nSPS) is 30.2. The number of hydrogen-bond acceptors (Lipinski definition) is 4. The summed E-state index contributed by atoms with van der Waals surface area (Å²) in [5.41, 5.74) is 1.85. The highest BCUT2D eigenvalue weighted by molar-refractivity contribution is 5.91. The molecule has 2 unspecified atom stereocenters. The number of ether oxygens (including phenoxy) is 2. The van der Waals surface area contributed by atoms with Crippen molar-refractivity contribution in [3.63, 3.8) is 0 Å². The van der Waals surface area contributed by atoms with E-state index in [1.807, 2.05) is 54.7 Å². The molecule has 5 aliphatic rings. The number of rotatable bonds is 6. The van der Waals surface area contributed by atoms with Crippen LogP contribution < -0.4 is 15.4 Å². The van der Waals surface area contributed by atoms with Crippen LogP contribution in [0.25, 0.3) is 10.9 Å². The molecule has 0 spiro atoms. The molecule has 0 saturated heterocycles. The van der Waals surface area contributed by atoms with Crippen molar-refractivity contribution in [2.45, 2.75) is 69.6 Å². The van der Waals surface area contributed by atoms with Crippen LogP contribution in [0.5, 0.6) is 5.75 Å². The van der Waals surface area contributed by atoms with E-state index in [2.05, 4.69) is 15.6 Å². The average molecular weight is 528 g/mol. The lowest BCUT2D eigenvalue weighted by Gasteiger charge is -2.53. The number of alkyl carbamates (subject to hydrolysis) is 1. The van der Waals surface area contributed by atoms with E-state index >= 15 is 0 Å². The molecule has 7 heteroatoms. The Hall–Kier alpha value is -3.48. The van der Waals surface area contributed by atoms with E-state index in [9.17, 15) is 9.59 Å². The van der Waals surface area contributed by atoms with Gasteiger partial charge < -0.3 is 25.1 Å². The van der Waals surface area contributed by atoms with Crippen molar-refractivity contribution in [2.24, 2.45) is 23.7 Å². The number of para-hydroxylation sites is 2. The zero-order valence-electron chi connectivity index (χ0n) is 22.5. The van der Waals surface area contributed by atoms with E-state index in [0.29, 0.717) is 31.3 Å². The van der Waals surface area contributed by atoms with Gasteiger partial charge in [0.25, 0.3) is 0 Å². The summed E-state index contributed by atoms with van der Waals surface area (Å²) in [7, 11) is 0. The second-order valence-corrected chi connectivity index (χ2v) is 12.6. The van der Waals surface area contributed by atoms with Crippen LogP contribution in [0, 0.1) is 23.7 Å². The minimum Gasteiger partial charge on any atom is -0.491 e. The Kier molecular flexibility index (Phi) is 6.05. The molecule has 204 valence electrons. The number of aromatic nitrogens is 1. The molecular formula is C32H37N3O4. The third-order valence-electron chi connectivity index (χ3n) is 9.70. The monoisotopic (exact) mass is 527 g/mol. The van der Waals surface area contributed by atoms with E-state index in [1.54, 1.807) is 6.92 Å². The molecule has 3 N–H and O–H groups in total. The number of nitrogens with one attached hydrogen (secondary N) is 3. The summed E-state index contributed by atoms with van der Waals surface area (Å²) in [6.07, 6.45) is 8.44. The van der Waals surface area contributed by atoms with Crippen LogP contribution in [0.4, 0.5) is 4.79 Å².